The van der Waals surface area contributed by atoms with E-state index in [0.717, 1.165) is 0 Å². The lowest BCUT2D eigenvalue weighted by molar-refractivity contribution is -0.135. The van der Waals surface area contributed by atoms with Crippen molar-refractivity contribution >= 4 is 18.0 Å². The molecule has 0 spiro atoms. The van der Waals surface area contributed by atoms with Gasteiger partial charge in [-0.25, -0.2) is 14.6 Å². The van der Waals surface area contributed by atoms with Gasteiger partial charge in [0.1, 0.15) is 5.60 Å². The van der Waals surface area contributed by atoms with Gasteiger partial charge in [-0.3, -0.25) is 5.32 Å². The summed E-state index contributed by atoms with van der Waals surface area (Å²) in [6.07, 6.45) is 9.07. The zero-order chi connectivity index (χ0) is 17.5. The molecular weight excluding hydrogens is 298 g/mol. The monoisotopic (exact) mass is 319 g/mol. The lowest BCUT2D eigenvalue weighted by Crippen LogP contribution is -2.40. The molecule has 0 fully saturated rings. The minimum absolute atomic E-state index is 0.118. The Morgan fingerprint density at radius 2 is 1.83 bits per heavy atom. The summed E-state index contributed by atoms with van der Waals surface area (Å²) in [7, 11) is 1.30. The maximum absolute atomic E-state index is 11.6. The molecule has 0 aromatic rings. The van der Waals surface area contributed by atoms with Gasteiger partial charge in [0.2, 0.25) is 5.96 Å². The number of esters is 1. The van der Waals surface area contributed by atoms with Gasteiger partial charge in [-0.15, -0.1) is 0 Å². The van der Waals surface area contributed by atoms with Gasteiger partial charge in [0.15, 0.2) is 0 Å². The fourth-order valence-corrected chi connectivity index (χ4v) is 1.50. The van der Waals surface area contributed by atoms with Crippen LogP contribution in [0.5, 0.6) is 0 Å². The molecule has 0 unspecified atom stereocenters. The average molecular weight is 319 g/mol. The Labute approximate surface area is 135 Å². The smallest absolute Gasteiger partial charge is 0.414 e. The van der Waals surface area contributed by atoms with Gasteiger partial charge in [0, 0.05) is 0 Å². The lowest BCUT2D eigenvalue weighted by atomic mass is 10.1. The molecule has 7 heteroatoms. The highest BCUT2D eigenvalue weighted by molar-refractivity contribution is 5.94. The van der Waals surface area contributed by atoms with Crippen LogP contribution in [0.25, 0.3) is 0 Å². The minimum Gasteiger partial charge on any atom is -0.465 e. The van der Waals surface area contributed by atoms with Crippen molar-refractivity contribution in [3.63, 3.8) is 0 Å². The van der Waals surface area contributed by atoms with Crippen molar-refractivity contribution in [2.24, 2.45) is 10.7 Å². The highest BCUT2D eigenvalue weighted by atomic mass is 16.6. The third kappa shape index (κ3) is 7.12. The molecule has 0 atom stereocenters. The van der Waals surface area contributed by atoms with E-state index in [1.54, 1.807) is 57.2 Å². The number of aliphatic imine (C=N–C) groups is 1. The molecule has 7 nitrogen and oxygen atoms in total. The first-order valence-corrected chi connectivity index (χ1v) is 6.90. The summed E-state index contributed by atoms with van der Waals surface area (Å²) >= 11 is 0. The predicted molar refractivity (Wildman–Crippen MR) is 87.5 cm³/mol. The number of hydrogen-bond donors (Lipinski definition) is 2. The van der Waals surface area contributed by atoms with E-state index in [2.05, 4.69) is 15.0 Å². The number of allylic oxidation sites excluding steroid dienone is 5. The van der Waals surface area contributed by atoms with Crippen LogP contribution in [-0.4, -0.2) is 30.7 Å². The van der Waals surface area contributed by atoms with Gasteiger partial charge >= 0.3 is 12.1 Å². The van der Waals surface area contributed by atoms with Gasteiger partial charge < -0.3 is 15.2 Å². The van der Waals surface area contributed by atoms with Crippen molar-refractivity contribution in [2.75, 3.05) is 7.11 Å². The zero-order valence-corrected chi connectivity index (χ0v) is 13.6. The number of guanidine groups is 1. The van der Waals surface area contributed by atoms with E-state index >= 15 is 0 Å². The Morgan fingerprint density at radius 1 is 1.17 bits per heavy atom. The highest BCUT2D eigenvalue weighted by Crippen LogP contribution is 2.09. The fraction of sp³-hybridized carbons (Fsp3) is 0.312. The molecule has 124 valence electrons. The SMILES string of the molecule is COC(=O)C1=CC=CC=C(N=C(N)NC(=O)OC(C)(C)C)C=C1. The molecule has 0 aliphatic heterocycles. The van der Waals surface area contributed by atoms with E-state index < -0.39 is 17.7 Å². The maximum atomic E-state index is 11.6. The number of nitrogens with zero attached hydrogens (tertiary/aromatic N) is 1. The quantitative estimate of drug-likeness (QED) is 0.460. The largest absolute Gasteiger partial charge is 0.465 e. The summed E-state index contributed by atoms with van der Waals surface area (Å²) in [5.74, 6) is -0.580. The number of nitrogens with two attached hydrogens (primary N) is 1. The van der Waals surface area contributed by atoms with Gasteiger partial charge in [-0.05, 0) is 45.1 Å². The molecule has 0 aromatic heterocycles. The first-order chi connectivity index (χ1) is 10.7. The molecule has 0 bridgehead atoms. The molecule has 1 amide bonds. The van der Waals surface area contributed by atoms with Gasteiger partial charge in [0.05, 0.1) is 18.4 Å². The summed E-state index contributed by atoms with van der Waals surface area (Å²) in [4.78, 5) is 27.2. The van der Waals surface area contributed by atoms with E-state index in [4.69, 9.17) is 10.5 Å². The molecule has 3 N–H and O–H groups in total. The molecule has 23 heavy (non-hydrogen) atoms. The van der Waals surface area contributed by atoms with Gasteiger partial charge in [-0.2, -0.15) is 0 Å². The zero-order valence-electron chi connectivity index (χ0n) is 13.6. The van der Waals surface area contributed by atoms with Crippen LogP contribution in [0.15, 0.2) is 52.7 Å². The van der Waals surface area contributed by atoms with Crippen LogP contribution in [0.4, 0.5) is 4.79 Å². The minimum atomic E-state index is -0.695. The molecule has 0 radical (unpaired) electrons. The van der Waals surface area contributed by atoms with Crippen molar-refractivity contribution in [3.05, 3.63) is 47.7 Å². The summed E-state index contributed by atoms with van der Waals surface area (Å²) in [6, 6.07) is 0. The van der Waals surface area contributed by atoms with Crippen LogP contribution in [-0.2, 0) is 14.3 Å². The van der Waals surface area contributed by atoms with Crippen LogP contribution in [0.3, 0.4) is 0 Å². The first kappa shape index (κ1) is 18.2. The van der Waals surface area contributed by atoms with Gasteiger partial charge in [-0.1, -0.05) is 12.2 Å². The van der Waals surface area contributed by atoms with Crippen LogP contribution >= 0.6 is 0 Å². The van der Waals surface area contributed by atoms with Crippen LogP contribution in [0.2, 0.25) is 0 Å². The van der Waals surface area contributed by atoms with Crippen molar-refractivity contribution in [2.45, 2.75) is 26.4 Å². The van der Waals surface area contributed by atoms with E-state index in [-0.39, 0.29) is 5.96 Å². The van der Waals surface area contributed by atoms with E-state index in [1.165, 1.54) is 7.11 Å². The summed E-state index contributed by atoms with van der Waals surface area (Å²) in [6.45, 7) is 5.22. The number of methoxy groups -OCH3 is 1. The normalized spacial score (nSPS) is 15.0. The van der Waals surface area contributed by atoms with Crippen LogP contribution in [0.1, 0.15) is 20.8 Å². The number of nitrogens with one attached hydrogen (secondary N) is 1. The summed E-state index contributed by atoms with van der Waals surface area (Å²) < 4.78 is 9.73. The number of carbonyl (C=O) groups is 2. The molecule has 0 aromatic carbocycles. The second-order valence-electron chi connectivity index (χ2n) is 5.55. The lowest BCUT2D eigenvalue weighted by Gasteiger charge is -2.19. The number of ether oxygens (including phenoxy) is 2. The van der Waals surface area contributed by atoms with Crippen molar-refractivity contribution in [3.8, 4) is 0 Å². The second kappa shape index (κ2) is 7.98. The highest BCUT2D eigenvalue weighted by Gasteiger charge is 2.16. The van der Waals surface area contributed by atoms with Gasteiger partial charge in [0.25, 0.3) is 0 Å². The van der Waals surface area contributed by atoms with E-state index in [1.807, 2.05) is 0 Å². The molecule has 0 saturated heterocycles. The Hall–Kier alpha value is -2.83. The third-order valence-corrected chi connectivity index (χ3v) is 2.39. The molecule has 1 rings (SSSR count). The number of carbonyl (C=O) groups excluding carboxylic acids is 2. The Bertz CT molecular complexity index is 620. The second-order valence-corrected chi connectivity index (χ2v) is 5.55. The first-order valence-electron chi connectivity index (χ1n) is 6.90. The molecule has 0 saturated carbocycles. The molecule has 1 aliphatic rings. The van der Waals surface area contributed by atoms with Crippen molar-refractivity contribution in [1.82, 2.24) is 5.32 Å². The molecule has 0 heterocycles. The third-order valence-electron chi connectivity index (χ3n) is 2.39. The summed E-state index contributed by atoms with van der Waals surface area (Å²) in [5, 5.41) is 2.33. The predicted octanol–water partition coefficient (Wildman–Crippen LogP) is 1.94. The Kier molecular flexibility index (Phi) is 6.32. The average Bonchev–Trinajstić information content (AvgIpc) is 2.39. The number of rotatable bonds is 2. The van der Waals surface area contributed by atoms with Crippen molar-refractivity contribution in [1.29, 1.82) is 0 Å². The number of alkyl carbamates (subject to hydrolysis) is 1. The van der Waals surface area contributed by atoms with E-state index in [0.29, 0.717) is 11.3 Å². The number of amides is 1. The van der Waals surface area contributed by atoms with E-state index in [9.17, 15) is 9.59 Å². The fourth-order valence-electron chi connectivity index (χ4n) is 1.50. The Balaban J connectivity index is 2.79. The van der Waals surface area contributed by atoms with Crippen LogP contribution in [0, 0.1) is 0 Å². The maximum Gasteiger partial charge on any atom is 0.414 e. The molecular formula is C16H21N3O4. The Morgan fingerprint density at radius 3 is 2.43 bits per heavy atom. The topological polar surface area (TPSA) is 103 Å². The van der Waals surface area contributed by atoms with Crippen LogP contribution < -0.4 is 11.1 Å². The summed E-state index contributed by atoms with van der Waals surface area (Å²) in [5.41, 5.74) is 5.85. The van der Waals surface area contributed by atoms with Crippen molar-refractivity contribution < 1.29 is 19.1 Å². The molecule has 1 aliphatic carbocycles. The standard InChI is InChI=1S/C16H21N3O4/c1-16(2,3)23-15(21)19-14(17)18-12-8-6-5-7-11(9-10-12)13(20)22-4/h5-10H,1-4H3,(H3,17,18,19,21). The number of hydrogen-bond acceptors (Lipinski definition) is 5.